The summed E-state index contributed by atoms with van der Waals surface area (Å²) in [5.41, 5.74) is 0.817. The Morgan fingerprint density at radius 1 is 1.19 bits per heavy atom. The zero-order chi connectivity index (χ0) is 15.6. The molecule has 0 radical (unpaired) electrons. The molecule has 0 aliphatic heterocycles. The highest BCUT2D eigenvalue weighted by Crippen LogP contribution is 2.29. The number of anilines is 1. The van der Waals surface area contributed by atoms with Gasteiger partial charge in [-0.3, -0.25) is 10.1 Å². The third-order valence-electron chi connectivity index (χ3n) is 2.91. The lowest BCUT2D eigenvalue weighted by Crippen LogP contribution is -2.07. The molecule has 0 fully saturated rings. The van der Waals surface area contributed by atoms with Crippen LogP contribution in [-0.2, 0) is 0 Å². The van der Waals surface area contributed by atoms with Crippen LogP contribution in [0.15, 0.2) is 40.9 Å². The summed E-state index contributed by atoms with van der Waals surface area (Å²) in [7, 11) is 0. The third-order valence-corrected chi connectivity index (χ3v) is 3.58. The van der Waals surface area contributed by atoms with Crippen molar-refractivity contribution in [3.05, 3.63) is 68.2 Å². The van der Waals surface area contributed by atoms with Crippen molar-refractivity contribution >= 4 is 27.3 Å². The molecule has 0 saturated carbocycles. The van der Waals surface area contributed by atoms with E-state index in [1.807, 2.05) is 0 Å². The summed E-state index contributed by atoms with van der Waals surface area (Å²) < 4.78 is 26.7. The Kier molecular flexibility index (Phi) is 4.52. The van der Waals surface area contributed by atoms with Crippen LogP contribution in [-0.4, -0.2) is 4.92 Å². The molecule has 110 valence electrons. The largest absolute Gasteiger partial charge is 0.378 e. The second-order valence-corrected chi connectivity index (χ2v) is 5.35. The molecular formula is C14H11BrF2N2O2. The summed E-state index contributed by atoms with van der Waals surface area (Å²) in [6.45, 7) is 1.71. The Labute approximate surface area is 128 Å². The number of nitrogens with zero attached hydrogens (tertiary/aromatic N) is 1. The van der Waals surface area contributed by atoms with E-state index in [1.54, 1.807) is 19.1 Å². The van der Waals surface area contributed by atoms with Gasteiger partial charge in [0.25, 0.3) is 5.69 Å². The monoisotopic (exact) mass is 356 g/mol. The van der Waals surface area contributed by atoms with Crippen molar-refractivity contribution in [3.8, 4) is 0 Å². The van der Waals surface area contributed by atoms with E-state index in [-0.39, 0.29) is 5.69 Å². The highest BCUT2D eigenvalue weighted by Gasteiger charge is 2.14. The molecule has 2 aromatic rings. The van der Waals surface area contributed by atoms with Gasteiger partial charge in [-0.15, -0.1) is 0 Å². The van der Waals surface area contributed by atoms with Gasteiger partial charge in [0.05, 0.1) is 9.40 Å². The summed E-state index contributed by atoms with van der Waals surface area (Å²) >= 11 is 3.09. The molecule has 0 spiro atoms. The topological polar surface area (TPSA) is 55.2 Å². The van der Waals surface area contributed by atoms with Crippen LogP contribution in [0.5, 0.6) is 0 Å². The first-order chi connectivity index (χ1) is 9.86. The Morgan fingerprint density at radius 2 is 1.81 bits per heavy atom. The van der Waals surface area contributed by atoms with Crippen LogP contribution in [0.4, 0.5) is 20.2 Å². The standard InChI is InChI=1S/C14H11BrF2N2O2/c1-8(9-4-10(16)6-11(17)5-9)18-12-2-3-13(15)14(7-12)19(20)21/h2-8,18H,1H3. The van der Waals surface area contributed by atoms with Crippen molar-refractivity contribution < 1.29 is 13.7 Å². The molecule has 0 aliphatic carbocycles. The van der Waals surface area contributed by atoms with Crippen LogP contribution in [0.3, 0.4) is 0 Å². The number of nitrogens with one attached hydrogen (secondary N) is 1. The summed E-state index contributed by atoms with van der Waals surface area (Å²) in [6, 6.07) is 7.36. The van der Waals surface area contributed by atoms with E-state index < -0.39 is 22.6 Å². The molecule has 21 heavy (non-hydrogen) atoms. The fourth-order valence-electron chi connectivity index (χ4n) is 1.90. The Balaban J connectivity index is 2.25. The molecule has 1 atom stereocenters. The molecule has 0 bridgehead atoms. The summed E-state index contributed by atoms with van der Waals surface area (Å²) in [4.78, 5) is 10.4. The second kappa shape index (κ2) is 6.17. The summed E-state index contributed by atoms with van der Waals surface area (Å²) in [5.74, 6) is -1.33. The maximum atomic E-state index is 13.2. The van der Waals surface area contributed by atoms with Gasteiger partial charge in [-0.25, -0.2) is 8.78 Å². The normalized spacial score (nSPS) is 12.0. The number of rotatable bonds is 4. The maximum absolute atomic E-state index is 13.2. The minimum Gasteiger partial charge on any atom is -0.378 e. The van der Waals surface area contributed by atoms with Gasteiger partial charge >= 0.3 is 0 Å². The summed E-state index contributed by atoms with van der Waals surface area (Å²) in [6.07, 6.45) is 0. The van der Waals surface area contributed by atoms with Crippen LogP contribution in [0, 0.1) is 21.7 Å². The molecule has 2 rings (SSSR count). The van der Waals surface area contributed by atoms with E-state index in [4.69, 9.17) is 0 Å². The van der Waals surface area contributed by atoms with Gasteiger partial charge < -0.3 is 5.32 Å². The van der Waals surface area contributed by atoms with E-state index in [0.717, 1.165) is 6.07 Å². The molecule has 7 heteroatoms. The highest BCUT2D eigenvalue weighted by molar-refractivity contribution is 9.10. The van der Waals surface area contributed by atoms with E-state index in [0.29, 0.717) is 15.7 Å². The van der Waals surface area contributed by atoms with Crippen LogP contribution < -0.4 is 5.32 Å². The molecule has 0 aliphatic rings. The number of halogens is 3. The third kappa shape index (κ3) is 3.75. The van der Waals surface area contributed by atoms with Crippen molar-refractivity contribution in [2.24, 2.45) is 0 Å². The lowest BCUT2D eigenvalue weighted by Gasteiger charge is -2.16. The molecule has 4 nitrogen and oxygen atoms in total. The van der Waals surface area contributed by atoms with Crippen molar-refractivity contribution in [2.45, 2.75) is 13.0 Å². The highest BCUT2D eigenvalue weighted by atomic mass is 79.9. The SMILES string of the molecule is CC(Nc1ccc(Br)c([N+](=O)[O-])c1)c1cc(F)cc(F)c1. The Hall–Kier alpha value is -2.02. The van der Waals surface area contributed by atoms with Gasteiger partial charge in [-0.2, -0.15) is 0 Å². The van der Waals surface area contributed by atoms with Crippen molar-refractivity contribution in [2.75, 3.05) is 5.32 Å². The van der Waals surface area contributed by atoms with Crippen LogP contribution in [0.25, 0.3) is 0 Å². The molecular weight excluding hydrogens is 346 g/mol. The number of benzene rings is 2. The molecule has 0 amide bonds. The van der Waals surface area contributed by atoms with Gasteiger partial charge in [0.1, 0.15) is 11.6 Å². The van der Waals surface area contributed by atoms with Crippen LogP contribution >= 0.6 is 15.9 Å². The van der Waals surface area contributed by atoms with E-state index in [1.165, 1.54) is 18.2 Å². The first-order valence-corrected chi connectivity index (χ1v) is 6.82. The zero-order valence-electron chi connectivity index (χ0n) is 10.9. The van der Waals surface area contributed by atoms with Crippen LogP contribution in [0.2, 0.25) is 0 Å². The molecule has 0 saturated heterocycles. The second-order valence-electron chi connectivity index (χ2n) is 4.49. The fraction of sp³-hybridized carbons (Fsp3) is 0.143. The van der Waals surface area contributed by atoms with Crippen molar-refractivity contribution in [1.82, 2.24) is 0 Å². The van der Waals surface area contributed by atoms with Gasteiger partial charge in [-0.1, -0.05) is 0 Å². The quantitative estimate of drug-likeness (QED) is 0.631. The van der Waals surface area contributed by atoms with E-state index in [2.05, 4.69) is 21.2 Å². The van der Waals surface area contributed by atoms with Crippen molar-refractivity contribution in [3.63, 3.8) is 0 Å². The molecule has 1 unspecified atom stereocenters. The zero-order valence-corrected chi connectivity index (χ0v) is 12.5. The van der Waals surface area contributed by atoms with E-state index >= 15 is 0 Å². The minimum absolute atomic E-state index is 0.0855. The first kappa shape index (κ1) is 15.4. The van der Waals surface area contributed by atoms with Gasteiger partial charge in [0.15, 0.2) is 0 Å². The van der Waals surface area contributed by atoms with Crippen LogP contribution in [0.1, 0.15) is 18.5 Å². The van der Waals surface area contributed by atoms with Gasteiger partial charge in [0.2, 0.25) is 0 Å². The average molecular weight is 357 g/mol. The molecule has 2 aromatic carbocycles. The number of nitro groups is 1. The van der Waals surface area contributed by atoms with E-state index in [9.17, 15) is 18.9 Å². The molecule has 1 N–H and O–H groups in total. The molecule has 0 aromatic heterocycles. The van der Waals surface area contributed by atoms with Gasteiger partial charge in [-0.05, 0) is 52.7 Å². The van der Waals surface area contributed by atoms with Gasteiger partial charge in [0, 0.05) is 23.9 Å². The predicted octanol–water partition coefficient (Wildman–Crippen LogP) is 4.81. The number of nitro benzene ring substituents is 1. The lowest BCUT2D eigenvalue weighted by atomic mass is 10.1. The smallest absolute Gasteiger partial charge is 0.285 e. The number of hydrogen-bond donors (Lipinski definition) is 1. The average Bonchev–Trinajstić information content (AvgIpc) is 2.39. The fourth-order valence-corrected chi connectivity index (χ4v) is 2.29. The minimum atomic E-state index is -0.666. The maximum Gasteiger partial charge on any atom is 0.285 e. The Bertz CT molecular complexity index is 674. The molecule has 0 heterocycles. The predicted molar refractivity (Wildman–Crippen MR) is 79.2 cm³/mol. The van der Waals surface area contributed by atoms with Crippen molar-refractivity contribution in [1.29, 1.82) is 0 Å². The number of hydrogen-bond acceptors (Lipinski definition) is 3. The Morgan fingerprint density at radius 3 is 2.38 bits per heavy atom. The summed E-state index contributed by atoms with van der Waals surface area (Å²) in [5, 5.41) is 13.8. The first-order valence-electron chi connectivity index (χ1n) is 6.03. The lowest BCUT2D eigenvalue weighted by molar-refractivity contribution is -0.385.